The number of aromatic amines is 1. The first-order chi connectivity index (χ1) is 13.8. The summed E-state index contributed by atoms with van der Waals surface area (Å²) in [6, 6.07) is 2.27. The van der Waals surface area contributed by atoms with Crippen LogP contribution in [0.3, 0.4) is 0 Å². The zero-order chi connectivity index (χ0) is 21.0. The van der Waals surface area contributed by atoms with Crippen LogP contribution in [0.2, 0.25) is 0 Å². The molecule has 3 amide bonds. The fourth-order valence-corrected chi connectivity index (χ4v) is 4.00. The van der Waals surface area contributed by atoms with Crippen LogP contribution in [-0.4, -0.2) is 64.5 Å². The molecule has 2 aliphatic heterocycles. The molecule has 9 nitrogen and oxygen atoms in total. The van der Waals surface area contributed by atoms with Gasteiger partial charge in [0, 0.05) is 44.2 Å². The maximum atomic E-state index is 12.6. The number of aromatic nitrogens is 1. The van der Waals surface area contributed by atoms with E-state index in [1.807, 2.05) is 0 Å². The molecular formula is C20H28N4O5. The lowest BCUT2D eigenvalue weighted by atomic mass is 9.94. The first-order valence-electron chi connectivity index (χ1n) is 10.1. The molecule has 2 fully saturated rings. The van der Waals surface area contributed by atoms with E-state index < -0.39 is 12.1 Å². The smallest absolute Gasteiger partial charge is 0.253 e. The van der Waals surface area contributed by atoms with Crippen LogP contribution in [0.15, 0.2) is 16.9 Å². The van der Waals surface area contributed by atoms with Gasteiger partial charge in [0.15, 0.2) is 0 Å². The third-order valence-electron chi connectivity index (χ3n) is 5.66. The van der Waals surface area contributed by atoms with Gasteiger partial charge in [-0.2, -0.15) is 0 Å². The van der Waals surface area contributed by atoms with Crippen LogP contribution in [0.1, 0.15) is 48.2 Å². The molecule has 0 aliphatic carbocycles. The van der Waals surface area contributed by atoms with Crippen LogP contribution >= 0.6 is 0 Å². The average Bonchev–Trinajstić information content (AvgIpc) is 2.86. The van der Waals surface area contributed by atoms with Gasteiger partial charge in [-0.15, -0.1) is 0 Å². The molecule has 2 aliphatic rings. The molecule has 4 N–H and O–H groups in total. The van der Waals surface area contributed by atoms with Gasteiger partial charge in [-0.3, -0.25) is 19.2 Å². The number of H-pyrrole nitrogens is 1. The summed E-state index contributed by atoms with van der Waals surface area (Å²) in [5.74, 6) is -0.417. The number of likely N-dealkylation sites (tertiary alicyclic amines) is 1. The third kappa shape index (κ3) is 5.44. The molecule has 0 bridgehead atoms. The van der Waals surface area contributed by atoms with Crippen LogP contribution in [0.5, 0.6) is 0 Å². The highest BCUT2D eigenvalue weighted by Crippen LogP contribution is 2.21. The normalized spacial score (nSPS) is 25.1. The molecule has 9 heteroatoms. The highest BCUT2D eigenvalue weighted by Gasteiger charge is 2.32. The summed E-state index contributed by atoms with van der Waals surface area (Å²) in [4.78, 5) is 52.3. The van der Waals surface area contributed by atoms with Gasteiger partial charge in [-0.05, 0) is 38.2 Å². The van der Waals surface area contributed by atoms with Gasteiger partial charge in [-0.1, -0.05) is 0 Å². The Morgan fingerprint density at radius 2 is 2.07 bits per heavy atom. The summed E-state index contributed by atoms with van der Waals surface area (Å²) in [5.41, 5.74) is 0.531. The van der Waals surface area contributed by atoms with Crippen molar-refractivity contribution in [2.75, 3.05) is 19.6 Å². The predicted molar refractivity (Wildman–Crippen MR) is 105 cm³/mol. The lowest BCUT2D eigenvalue weighted by molar-refractivity contribution is -0.136. The van der Waals surface area contributed by atoms with E-state index in [-0.39, 0.29) is 35.7 Å². The highest BCUT2D eigenvalue weighted by molar-refractivity contribution is 5.95. The number of carbonyl (C=O) groups is 3. The van der Waals surface area contributed by atoms with Gasteiger partial charge in [0.05, 0.1) is 17.7 Å². The molecule has 3 rings (SSSR count). The van der Waals surface area contributed by atoms with Gasteiger partial charge in [0.25, 0.3) is 5.91 Å². The number of hydrogen-bond donors (Lipinski definition) is 4. The van der Waals surface area contributed by atoms with Crippen LogP contribution in [0.25, 0.3) is 0 Å². The van der Waals surface area contributed by atoms with Crippen molar-refractivity contribution in [1.29, 1.82) is 0 Å². The lowest BCUT2D eigenvalue weighted by Gasteiger charge is -2.36. The number of piperidine rings is 1. The Hall–Kier alpha value is -2.68. The van der Waals surface area contributed by atoms with E-state index in [0.29, 0.717) is 43.6 Å². The molecule has 3 atom stereocenters. The summed E-state index contributed by atoms with van der Waals surface area (Å²) < 4.78 is 0. The van der Waals surface area contributed by atoms with Gasteiger partial charge < -0.3 is 25.6 Å². The Bertz CT molecular complexity index is 836. The number of β-amino-alcohol motifs (C(OH)–C–C–N with tert-alkyl or cyclic N) is 1. The molecule has 1 aromatic heterocycles. The quantitative estimate of drug-likeness (QED) is 0.546. The number of hydrogen-bond acceptors (Lipinski definition) is 5. The van der Waals surface area contributed by atoms with E-state index in [1.165, 1.54) is 12.1 Å². The summed E-state index contributed by atoms with van der Waals surface area (Å²) >= 11 is 0. The van der Waals surface area contributed by atoms with Crippen LogP contribution in [0, 0.1) is 12.8 Å². The number of carbonyl (C=O) groups excluding carboxylic acids is 3. The molecule has 158 valence electrons. The van der Waals surface area contributed by atoms with Crippen LogP contribution < -0.4 is 16.2 Å². The third-order valence-corrected chi connectivity index (χ3v) is 5.66. The SMILES string of the molecule is Cc1[nH]c(=O)ccc1C(=O)NC1CCN(C(=O)CC2CCCNC(=O)C2)CC1O. The van der Waals surface area contributed by atoms with Crippen molar-refractivity contribution in [3.8, 4) is 0 Å². The zero-order valence-electron chi connectivity index (χ0n) is 16.6. The Kier molecular flexibility index (Phi) is 6.68. The first kappa shape index (κ1) is 21.0. The number of nitrogens with one attached hydrogen (secondary N) is 3. The van der Waals surface area contributed by atoms with Gasteiger partial charge >= 0.3 is 0 Å². The van der Waals surface area contributed by atoms with Gasteiger partial charge in [0.1, 0.15) is 0 Å². The van der Waals surface area contributed by atoms with E-state index in [0.717, 1.165) is 12.8 Å². The average molecular weight is 404 g/mol. The Balaban J connectivity index is 1.53. The minimum absolute atomic E-state index is 0.0145. The molecule has 1 aromatic rings. The zero-order valence-corrected chi connectivity index (χ0v) is 16.6. The van der Waals surface area contributed by atoms with Crippen molar-refractivity contribution in [3.05, 3.63) is 33.7 Å². The second kappa shape index (κ2) is 9.21. The van der Waals surface area contributed by atoms with Crippen molar-refractivity contribution in [1.82, 2.24) is 20.5 Å². The molecule has 2 saturated heterocycles. The Labute approximate surface area is 168 Å². The van der Waals surface area contributed by atoms with Crippen molar-refractivity contribution < 1.29 is 19.5 Å². The van der Waals surface area contributed by atoms with Crippen molar-refractivity contribution in [2.24, 2.45) is 5.92 Å². The minimum Gasteiger partial charge on any atom is -0.389 e. The largest absolute Gasteiger partial charge is 0.389 e. The van der Waals surface area contributed by atoms with Gasteiger partial charge in [0.2, 0.25) is 17.4 Å². The number of amides is 3. The maximum absolute atomic E-state index is 12.6. The van der Waals surface area contributed by atoms with E-state index in [9.17, 15) is 24.3 Å². The van der Waals surface area contributed by atoms with Crippen LogP contribution in [-0.2, 0) is 9.59 Å². The van der Waals surface area contributed by atoms with E-state index >= 15 is 0 Å². The molecule has 0 aromatic carbocycles. The molecule has 0 spiro atoms. The maximum Gasteiger partial charge on any atom is 0.253 e. The number of nitrogens with zero attached hydrogens (tertiary/aromatic N) is 1. The fourth-order valence-electron chi connectivity index (χ4n) is 4.00. The molecule has 0 saturated carbocycles. The second-order valence-corrected chi connectivity index (χ2v) is 7.90. The monoisotopic (exact) mass is 404 g/mol. The molecular weight excluding hydrogens is 376 g/mol. The van der Waals surface area contributed by atoms with Crippen molar-refractivity contribution in [3.63, 3.8) is 0 Å². The summed E-state index contributed by atoms with van der Waals surface area (Å²) in [5, 5.41) is 16.1. The summed E-state index contributed by atoms with van der Waals surface area (Å²) in [7, 11) is 0. The Morgan fingerprint density at radius 1 is 1.28 bits per heavy atom. The fraction of sp³-hybridized carbons (Fsp3) is 0.600. The summed E-state index contributed by atoms with van der Waals surface area (Å²) in [6.45, 7) is 2.88. The molecule has 3 unspecified atom stereocenters. The Morgan fingerprint density at radius 3 is 2.79 bits per heavy atom. The standard InChI is InChI=1S/C20H28N4O5/c1-12-14(4-5-17(26)22-12)20(29)23-15-6-8-24(11-16(15)25)19(28)10-13-3-2-7-21-18(27)9-13/h4-5,13,15-16,25H,2-3,6-11H2,1H3,(H,21,27)(H,22,26)(H,23,29). The molecule has 29 heavy (non-hydrogen) atoms. The van der Waals surface area contributed by atoms with E-state index in [2.05, 4.69) is 15.6 Å². The predicted octanol–water partition coefficient (Wildman–Crippen LogP) is -0.319. The lowest BCUT2D eigenvalue weighted by Crippen LogP contribution is -2.55. The number of aryl methyl sites for hydroxylation is 1. The first-order valence-corrected chi connectivity index (χ1v) is 10.1. The number of rotatable bonds is 4. The number of aliphatic hydroxyl groups is 1. The number of aliphatic hydroxyl groups excluding tert-OH is 1. The van der Waals surface area contributed by atoms with Gasteiger partial charge in [-0.25, -0.2) is 0 Å². The highest BCUT2D eigenvalue weighted by atomic mass is 16.3. The van der Waals surface area contributed by atoms with Crippen molar-refractivity contribution >= 4 is 17.7 Å². The van der Waals surface area contributed by atoms with Crippen LogP contribution in [0.4, 0.5) is 0 Å². The van der Waals surface area contributed by atoms with Crippen molar-refractivity contribution in [2.45, 2.75) is 51.2 Å². The summed E-state index contributed by atoms with van der Waals surface area (Å²) in [6.07, 6.45) is 1.92. The molecule has 0 radical (unpaired) electrons. The second-order valence-electron chi connectivity index (χ2n) is 7.90. The minimum atomic E-state index is -0.878. The van der Waals surface area contributed by atoms with E-state index in [4.69, 9.17) is 0 Å². The topological polar surface area (TPSA) is 132 Å². The number of pyridine rings is 1. The molecule has 3 heterocycles. The van der Waals surface area contributed by atoms with E-state index in [1.54, 1.807) is 11.8 Å².